The Bertz CT molecular complexity index is 2280. The van der Waals surface area contributed by atoms with Crippen molar-refractivity contribution in [2.75, 3.05) is 27.2 Å². The van der Waals surface area contributed by atoms with Crippen LogP contribution in [0.5, 0.6) is 0 Å². The van der Waals surface area contributed by atoms with E-state index in [1.165, 1.54) is 97.8 Å². The number of hydrogen-bond acceptors (Lipinski definition) is 7. The van der Waals surface area contributed by atoms with Gasteiger partial charge in [0.15, 0.2) is 0 Å². The lowest BCUT2D eigenvalue weighted by atomic mass is 9.89. The van der Waals surface area contributed by atoms with E-state index < -0.39 is 0 Å². The van der Waals surface area contributed by atoms with E-state index >= 15 is 0 Å². The van der Waals surface area contributed by atoms with Gasteiger partial charge in [0.1, 0.15) is 24.3 Å². The maximum absolute atomic E-state index is 13.6. The quantitative estimate of drug-likeness (QED) is 0.0684. The van der Waals surface area contributed by atoms with Crippen LogP contribution in [0.15, 0.2) is 77.9 Å². The molecule has 2 N–H and O–H groups in total. The van der Waals surface area contributed by atoms with Gasteiger partial charge in [-0.1, -0.05) is 192 Å². The molecule has 460 valence electrons. The fourth-order valence-electron chi connectivity index (χ4n) is 8.59. The first-order valence-corrected chi connectivity index (χ1v) is 31.8. The van der Waals surface area contributed by atoms with E-state index in [0.717, 1.165) is 79.6 Å². The topological polar surface area (TPSA) is 101 Å². The monoisotopic (exact) mass is 1140 g/mol. The fraction of sp³-hybridized carbons (Fsp3) is 0.629. The summed E-state index contributed by atoms with van der Waals surface area (Å²) in [6, 6.07) is 10.2. The SMILES string of the molecule is C=C/C(=C\C(F)=C(C)C)NC(CCC(C)C)C(=O)NC.CC.CC.CCCC.CCCC.CCCC(CCC)c1ccc(C(=O)N2CCC(CC)CC2)cc1.COCc1nc2c(n1S)C=C(c1ccnc(C)c1/C=C(\C)C(C)C)CC2. The number of hydrogen-bond donors (Lipinski definition) is 3. The molecule has 1 aromatic carbocycles. The number of nitrogens with one attached hydrogen (secondary N) is 2. The Kier molecular flexibility index (Phi) is 45.2. The molecule has 1 unspecified atom stereocenters. The number of benzene rings is 1. The van der Waals surface area contributed by atoms with Crippen molar-refractivity contribution in [2.24, 2.45) is 17.8 Å². The number of allylic oxidation sites excluding steroid dienone is 6. The summed E-state index contributed by atoms with van der Waals surface area (Å²) in [6.45, 7) is 45.8. The zero-order chi connectivity index (χ0) is 62.0. The molecule has 1 aliphatic carbocycles. The first kappa shape index (κ1) is 78.3. The maximum Gasteiger partial charge on any atom is 0.253 e. The minimum Gasteiger partial charge on any atom is -0.377 e. The van der Waals surface area contributed by atoms with Crippen molar-refractivity contribution in [3.63, 3.8) is 0 Å². The molecule has 1 aliphatic heterocycles. The van der Waals surface area contributed by atoms with Crippen LogP contribution < -0.4 is 10.6 Å². The van der Waals surface area contributed by atoms with Gasteiger partial charge in [-0.15, -0.1) is 0 Å². The third kappa shape index (κ3) is 29.9. The Morgan fingerprint density at radius 2 is 1.41 bits per heavy atom. The van der Waals surface area contributed by atoms with Crippen LogP contribution in [-0.2, 0) is 22.6 Å². The Balaban J connectivity index is 0. The van der Waals surface area contributed by atoms with Crippen molar-refractivity contribution in [1.29, 1.82) is 0 Å². The predicted octanol–water partition coefficient (Wildman–Crippen LogP) is 19.7. The molecule has 3 aromatic rings. The van der Waals surface area contributed by atoms with Gasteiger partial charge < -0.3 is 20.3 Å². The lowest BCUT2D eigenvalue weighted by Crippen LogP contribution is -2.42. The summed E-state index contributed by atoms with van der Waals surface area (Å²) >= 11 is 4.62. The number of aryl methyl sites for hydroxylation is 2. The lowest BCUT2D eigenvalue weighted by molar-refractivity contribution is -0.122. The Labute approximate surface area is 502 Å². The summed E-state index contributed by atoms with van der Waals surface area (Å²) in [4.78, 5) is 35.7. The Morgan fingerprint density at radius 3 is 1.86 bits per heavy atom. The number of imidazole rings is 1. The van der Waals surface area contributed by atoms with E-state index in [1.807, 2.05) is 54.9 Å². The number of carbonyl (C=O) groups excluding carboxylic acids is 2. The van der Waals surface area contributed by atoms with Crippen molar-refractivity contribution >= 4 is 42.4 Å². The molecule has 3 heterocycles. The van der Waals surface area contributed by atoms with Crippen LogP contribution in [-0.4, -0.2) is 63.9 Å². The average Bonchev–Trinajstić information content (AvgIpc) is 3.80. The zero-order valence-electron chi connectivity index (χ0n) is 55.4. The number of amides is 2. The molecule has 11 heteroatoms. The number of aromatic nitrogens is 3. The standard InChI is InChI=1S/C21H27N3OS.C21H33NO.C16H27FN2O.2C4H10.2C2H6/c1-13(2)14(3)10-18-15(4)22-9-8-17(18)16-6-7-19-20(11-16)24(26)21(23-19)12-25-5;1-4-7-18(8-5-2)19-9-11-20(12-10-19)21(23)22-15-13-17(6-3)14-16-22;1-7-13(10-14(17)12(4)5)19-15(16(20)18-6)9-8-11(2)3;2*1-3-4-2;2*1-2/h8-11,13,26H,6-7,12H2,1-5H3;9-12,17-18H,4-8,13-16H2,1-3H3;7,10-11,15,19H,1,8-9H2,2-6H3,(H,18,20);2*3-4H2,1-2H3;2*1-2H3/b14-10+;;13-10+;;;;. The molecule has 1 atom stereocenters. The van der Waals surface area contributed by atoms with E-state index in [0.29, 0.717) is 42.1 Å². The molecule has 1 fully saturated rings. The molecule has 81 heavy (non-hydrogen) atoms. The summed E-state index contributed by atoms with van der Waals surface area (Å²) in [5, 5.41) is 5.68. The third-order valence-electron chi connectivity index (χ3n) is 14.4. The fourth-order valence-corrected chi connectivity index (χ4v) is 8.87. The summed E-state index contributed by atoms with van der Waals surface area (Å²) < 4.78 is 20.7. The number of rotatable bonds is 22. The number of pyridine rings is 1. The van der Waals surface area contributed by atoms with E-state index in [4.69, 9.17) is 4.74 Å². The Hall–Kier alpha value is -4.74. The van der Waals surface area contributed by atoms with Crippen molar-refractivity contribution in [3.05, 3.63) is 123 Å². The van der Waals surface area contributed by atoms with Gasteiger partial charge in [0.2, 0.25) is 5.91 Å². The van der Waals surface area contributed by atoms with Gasteiger partial charge in [0, 0.05) is 56.0 Å². The highest BCUT2D eigenvalue weighted by Crippen LogP contribution is 2.35. The lowest BCUT2D eigenvalue weighted by Gasteiger charge is -2.31. The largest absolute Gasteiger partial charge is 0.377 e. The molecular weight excluding hydrogens is 1020 g/mol. The van der Waals surface area contributed by atoms with E-state index in [-0.39, 0.29) is 23.7 Å². The molecule has 2 amide bonds. The van der Waals surface area contributed by atoms with Crippen molar-refractivity contribution in [2.45, 2.75) is 246 Å². The van der Waals surface area contributed by atoms with E-state index in [2.05, 4.69) is 160 Å². The molecule has 0 radical (unpaired) electrons. The van der Waals surface area contributed by atoms with Gasteiger partial charge >= 0.3 is 0 Å². The van der Waals surface area contributed by atoms with Crippen LogP contribution in [0, 0.1) is 24.7 Å². The molecule has 0 bridgehead atoms. The van der Waals surface area contributed by atoms with Crippen molar-refractivity contribution in [1.82, 2.24) is 29.5 Å². The van der Waals surface area contributed by atoms with Gasteiger partial charge in [0.05, 0.1) is 11.4 Å². The molecular formula is C70H119FN6O3S. The number of carbonyl (C=O) groups is 2. The average molecular weight is 1140 g/mol. The van der Waals surface area contributed by atoms with Crippen molar-refractivity contribution < 1.29 is 18.7 Å². The van der Waals surface area contributed by atoms with Gasteiger partial charge in [-0.05, 0) is 161 Å². The van der Waals surface area contributed by atoms with Crippen LogP contribution in [0.25, 0.3) is 17.7 Å². The number of thiol groups is 1. The summed E-state index contributed by atoms with van der Waals surface area (Å²) in [5.74, 6) is 3.14. The third-order valence-corrected chi connectivity index (χ3v) is 14.8. The number of fused-ring (bicyclic) bond motifs is 1. The highest BCUT2D eigenvalue weighted by molar-refractivity contribution is 7.78. The maximum atomic E-state index is 13.6. The van der Waals surface area contributed by atoms with Crippen LogP contribution in [0.1, 0.15) is 270 Å². The van der Waals surface area contributed by atoms with Crippen LogP contribution >= 0.6 is 12.8 Å². The summed E-state index contributed by atoms with van der Waals surface area (Å²) in [5.41, 5.74) is 11.7. The van der Waals surface area contributed by atoms with Gasteiger partial charge in [0.25, 0.3) is 5.91 Å². The second-order valence-corrected chi connectivity index (χ2v) is 22.0. The van der Waals surface area contributed by atoms with Crippen molar-refractivity contribution in [3.8, 4) is 0 Å². The Morgan fingerprint density at radius 1 is 0.840 bits per heavy atom. The molecule has 0 spiro atoms. The minimum absolute atomic E-state index is 0.101. The molecule has 5 rings (SSSR count). The number of ether oxygens (including phenoxy) is 1. The predicted molar refractivity (Wildman–Crippen MR) is 356 cm³/mol. The van der Waals surface area contributed by atoms with Gasteiger partial charge in [-0.3, -0.25) is 18.5 Å². The van der Waals surface area contributed by atoms with E-state index in [9.17, 15) is 14.0 Å². The summed E-state index contributed by atoms with van der Waals surface area (Å²) in [7, 11) is 3.28. The number of methoxy groups -OCH3 is 1. The van der Waals surface area contributed by atoms with Gasteiger partial charge in [-0.25, -0.2) is 9.37 Å². The molecule has 9 nitrogen and oxygen atoms in total. The normalized spacial score (nSPS) is 13.3. The first-order chi connectivity index (χ1) is 38.7. The number of likely N-dealkylation sites (tertiary alicyclic amines) is 1. The second-order valence-electron chi connectivity index (χ2n) is 21.6. The van der Waals surface area contributed by atoms with Crippen LogP contribution in [0.4, 0.5) is 4.39 Å². The highest BCUT2D eigenvalue weighted by Gasteiger charge is 2.24. The number of likely N-dealkylation sites (N-methyl/N-ethyl adjacent to an activating group) is 1. The zero-order valence-corrected chi connectivity index (χ0v) is 56.3. The smallest absolute Gasteiger partial charge is 0.253 e. The van der Waals surface area contributed by atoms with Crippen LogP contribution in [0.2, 0.25) is 0 Å². The van der Waals surface area contributed by atoms with Crippen LogP contribution in [0.3, 0.4) is 0 Å². The molecule has 0 saturated carbocycles. The highest BCUT2D eigenvalue weighted by atomic mass is 32.1. The second kappa shape index (κ2) is 46.7. The van der Waals surface area contributed by atoms with E-state index in [1.54, 1.807) is 28.0 Å². The first-order valence-electron chi connectivity index (χ1n) is 31.4. The molecule has 1 saturated heterocycles. The number of unbranched alkanes of at least 4 members (excludes halogenated alkanes) is 2. The van der Waals surface area contributed by atoms with Gasteiger partial charge in [-0.2, -0.15) is 0 Å². The molecule has 2 aliphatic rings. The summed E-state index contributed by atoms with van der Waals surface area (Å²) in [6.07, 6.45) is 26.6. The number of piperidine rings is 1. The molecule has 2 aromatic heterocycles. The minimum atomic E-state index is -0.378. The number of halogens is 1. The number of nitrogens with zero attached hydrogens (tertiary/aromatic N) is 4.